The van der Waals surface area contributed by atoms with E-state index in [0.29, 0.717) is 0 Å². The summed E-state index contributed by atoms with van der Waals surface area (Å²) in [6.45, 7) is 5.54. The Bertz CT molecular complexity index is 453. The van der Waals surface area contributed by atoms with Gasteiger partial charge in [0.05, 0.1) is 0 Å². The van der Waals surface area contributed by atoms with Crippen LogP contribution in [0.1, 0.15) is 32.3 Å². The second-order valence-electron chi connectivity index (χ2n) is 5.55. The topological polar surface area (TPSA) is 15.5 Å². The van der Waals surface area contributed by atoms with Gasteiger partial charge in [-0.2, -0.15) is 0 Å². The molecule has 3 unspecified atom stereocenters. The van der Waals surface area contributed by atoms with Gasteiger partial charge in [-0.3, -0.25) is 4.84 Å². The third kappa shape index (κ3) is 2.00. The fraction of sp³-hybridized carbons (Fsp3) is 0.500. The zero-order valence-corrected chi connectivity index (χ0v) is 11.2. The molecular formula is C16H21NO. The third-order valence-corrected chi connectivity index (χ3v) is 4.17. The summed E-state index contributed by atoms with van der Waals surface area (Å²) >= 11 is 0. The average molecular weight is 243 g/mol. The van der Waals surface area contributed by atoms with Gasteiger partial charge in [0.1, 0.15) is 0 Å². The molecule has 96 valence electrons. The number of piperidine rings is 1. The predicted molar refractivity (Wildman–Crippen MR) is 72.8 cm³/mol. The smallest absolute Gasteiger partial charge is 0.186 e. The standard InChI is InChI=1S/C16H21NO/c1-3-15(11-14-7-5-4-6-8-14)16-12-13(2)9-10-17(16)18-16/h3-8,13H,9-12H2,1-2H3/b15-3+. The van der Waals surface area contributed by atoms with E-state index >= 15 is 0 Å². The number of allylic oxidation sites excluding steroid dienone is 1. The van der Waals surface area contributed by atoms with Gasteiger partial charge in [0.15, 0.2) is 5.72 Å². The molecule has 2 heteroatoms. The molecule has 18 heavy (non-hydrogen) atoms. The van der Waals surface area contributed by atoms with Crippen LogP contribution in [0.15, 0.2) is 42.0 Å². The van der Waals surface area contributed by atoms with Crippen molar-refractivity contribution in [2.45, 2.75) is 38.8 Å². The molecule has 2 saturated heterocycles. The maximum atomic E-state index is 5.93. The highest BCUT2D eigenvalue weighted by molar-refractivity contribution is 5.29. The van der Waals surface area contributed by atoms with E-state index in [1.807, 2.05) is 0 Å². The lowest BCUT2D eigenvalue weighted by molar-refractivity contribution is 0.195. The zero-order chi connectivity index (χ0) is 12.6. The summed E-state index contributed by atoms with van der Waals surface area (Å²) in [5.41, 5.74) is 2.72. The summed E-state index contributed by atoms with van der Waals surface area (Å²) in [4.78, 5) is 5.93. The minimum atomic E-state index is -0.0672. The van der Waals surface area contributed by atoms with Crippen molar-refractivity contribution in [2.24, 2.45) is 5.92 Å². The molecule has 3 atom stereocenters. The van der Waals surface area contributed by atoms with Crippen LogP contribution >= 0.6 is 0 Å². The summed E-state index contributed by atoms with van der Waals surface area (Å²) in [6.07, 6.45) is 5.63. The van der Waals surface area contributed by atoms with E-state index in [1.54, 1.807) is 0 Å². The second kappa shape index (κ2) is 4.52. The highest BCUT2D eigenvalue weighted by Gasteiger charge is 2.59. The molecule has 0 radical (unpaired) electrons. The van der Waals surface area contributed by atoms with Crippen molar-refractivity contribution >= 4 is 0 Å². The molecule has 0 bridgehead atoms. The number of rotatable bonds is 3. The molecule has 0 N–H and O–H groups in total. The molecule has 1 aromatic rings. The second-order valence-corrected chi connectivity index (χ2v) is 5.55. The lowest BCUT2D eigenvalue weighted by Crippen LogP contribution is -2.31. The van der Waals surface area contributed by atoms with Gasteiger partial charge < -0.3 is 0 Å². The summed E-state index contributed by atoms with van der Waals surface area (Å²) in [6, 6.07) is 10.7. The average Bonchev–Trinajstić information content (AvgIpc) is 3.11. The Morgan fingerprint density at radius 2 is 2.22 bits per heavy atom. The van der Waals surface area contributed by atoms with Crippen molar-refractivity contribution in [3.05, 3.63) is 47.5 Å². The zero-order valence-electron chi connectivity index (χ0n) is 11.2. The number of benzene rings is 1. The van der Waals surface area contributed by atoms with Crippen LogP contribution in [0.2, 0.25) is 0 Å². The maximum Gasteiger partial charge on any atom is 0.186 e. The van der Waals surface area contributed by atoms with Gasteiger partial charge in [0.25, 0.3) is 0 Å². The van der Waals surface area contributed by atoms with Crippen LogP contribution in [-0.4, -0.2) is 17.3 Å². The summed E-state index contributed by atoms with van der Waals surface area (Å²) < 4.78 is 0. The first kappa shape index (κ1) is 11.9. The van der Waals surface area contributed by atoms with Gasteiger partial charge in [-0.25, -0.2) is 0 Å². The first-order valence-electron chi connectivity index (χ1n) is 6.91. The molecule has 2 aliphatic rings. The van der Waals surface area contributed by atoms with Crippen molar-refractivity contribution in [2.75, 3.05) is 6.54 Å². The van der Waals surface area contributed by atoms with E-state index in [2.05, 4.69) is 55.3 Å². The van der Waals surface area contributed by atoms with E-state index in [-0.39, 0.29) is 5.72 Å². The molecule has 2 aliphatic heterocycles. The highest BCUT2D eigenvalue weighted by Crippen LogP contribution is 2.50. The van der Waals surface area contributed by atoms with Gasteiger partial charge in [-0.1, -0.05) is 43.3 Å². The summed E-state index contributed by atoms with van der Waals surface area (Å²) in [7, 11) is 0. The molecule has 0 aliphatic carbocycles. The Balaban J connectivity index is 1.78. The first-order valence-corrected chi connectivity index (χ1v) is 6.91. The SMILES string of the molecule is C/C=C(\Cc1ccccc1)C12CC(C)CCN1O2. The van der Waals surface area contributed by atoms with Crippen molar-refractivity contribution < 1.29 is 4.84 Å². The van der Waals surface area contributed by atoms with E-state index in [1.165, 1.54) is 17.6 Å². The Morgan fingerprint density at radius 1 is 1.44 bits per heavy atom. The van der Waals surface area contributed by atoms with E-state index < -0.39 is 0 Å². The lowest BCUT2D eigenvalue weighted by atomic mass is 9.86. The Labute approximate surface area is 109 Å². The Kier molecular flexibility index (Phi) is 3.00. The van der Waals surface area contributed by atoms with Crippen molar-refractivity contribution in [1.82, 2.24) is 5.06 Å². The van der Waals surface area contributed by atoms with Crippen LogP contribution in [0.3, 0.4) is 0 Å². The van der Waals surface area contributed by atoms with Crippen molar-refractivity contribution in [3.63, 3.8) is 0 Å². The Morgan fingerprint density at radius 3 is 2.94 bits per heavy atom. The lowest BCUT2D eigenvalue weighted by Gasteiger charge is -2.24. The number of fused-ring (bicyclic) bond motifs is 1. The molecule has 0 spiro atoms. The van der Waals surface area contributed by atoms with Crippen LogP contribution in [0.4, 0.5) is 0 Å². The molecule has 0 aromatic heterocycles. The first-order chi connectivity index (χ1) is 8.74. The Hall–Kier alpha value is -1.12. The van der Waals surface area contributed by atoms with Gasteiger partial charge in [-0.05, 0) is 36.8 Å². The fourth-order valence-electron chi connectivity index (χ4n) is 3.07. The largest absolute Gasteiger partial charge is 0.267 e. The normalized spacial score (nSPS) is 35.1. The maximum absolute atomic E-state index is 5.93. The molecule has 2 heterocycles. The van der Waals surface area contributed by atoms with Crippen molar-refractivity contribution in [1.29, 1.82) is 0 Å². The summed E-state index contributed by atoms with van der Waals surface area (Å²) in [5.74, 6) is 0.759. The van der Waals surface area contributed by atoms with Crippen LogP contribution in [0.25, 0.3) is 0 Å². The van der Waals surface area contributed by atoms with Crippen LogP contribution in [0, 0.1) is 5.92 Å². The monoisotopic (exact) mass is 243 g/mol. The molecule has 0 amide bonds. The van der Waals surface area contributed by atoms with E-state index in [4.69, 9.17) is 4.84 Å². The van der Waals surface area contributed by atoms with Crippen LogP contribution < -0.4 is 0 Å². The van der Waals surface area contributed by atoms with Gasteiger partial charge in [0.2, 0.25) is 0 Å². The van der Waals surface area contributed by atoms with Crippen LogP contribution in [0.5, 0.6) is 0 Å². The van der Waals surface area contributed by atoms with E-state index in [0.717, 1.165) is 25.3 Å². The van der Waals surface area contributed by atoms with E-state index in [9.17, 15) is 0 Å². The number of hydroxylamine groups is 2. The van der Waals surface area contributed by atoms with Gasteiger partial charge >= 0.3 is 0 Å². The molecule has 1 aromatic carbocycles. The number of nitrogens with zero attached hydrogens (tertiary/aromatic N) is 1. The fourth-order valence-corrected chi connectivity index (χ4v) is 3.07. The van der Waals surface area contributed by atoms with Crippen molar-refractivity contribution in [3.8, 4) is 0 Å². The minimum Gasteiger partial charge on any atom is -0.267 e. The highest BCUT2D eigenvalue weighted by atomic mass is 16.9. The van der Waals surface area contributed by atoms with Gasteiger partial charge in [-0.15, -0.1) is 5.06 Å². The summed E-state index contributed by atoms with van der Waals surface area (Å²) in [5, 5.41) is 2.17. The minimum absolute atomic E-state index is 0.0672. The molecule has 2 fully saturated rings. The quantitative estimate of drug-likeness (QED) is 0.596. The predicted octanol–water partition coefficient (Wildman–Crippen LogP) is 3.55. The molecule has 3 rings (SSSR count). The number of hydrogen-bond acceptors (Lipinski definition) is 2. The molecule has 2 nitrogen and oxygen atoms in total. The number of hydrogen-bond donors (Lipinski definition) is 0. The van der Waals surface area contributed by atoms with Crippen LogP contribution in [-0.2, 0) is 11.3 Å². The van der Waals surface area contributed by atoms with Gasteiger partial charge in [0, 0.05) is 13.0 Å². The third-order valence-electron chi connectivity index (χ3n) is 4.17. The molecule has 0 saturated carbocycles. The molecular weight excluding hydrogens is 222 g/mol.